The fourth-order valence-electron chi connectivity index (χ4n) is 5.79. The summed E-state index contributed by atoms with van der Waals surface area (Å²) in [7, 11) is -0.811. The monoisotopic (exact) mass is 723 g/mol. The molecule has 0 saturated carbocycles. The second-order valence-electron chi connectivity index (χ2n) is 11.5. The van der Waals surface area contributed by atoms with Crippen LogP contribution in [0.1, 0.15) is 29.9 Å². The molecule has 3 aromatic carbocycles. The van der Waals surface area contributed by atoms with Gasteiger partial charge in [-0.25, -0.2) is 26.5 Å². The van der Waals surface area contributed by atoms with Gasteiger partial charge in [0.25, 0.3) is 5.56 Å². The Bertz CT molecular complexity index is 2400. The second kappa shape index (κ2) is 13.7. The van der Waals surface area contributed by atoms with Crippen molar-refractivity contribution in [3.63, 3.8) is 0 Å². The lowest BCUT2D eigenvalue weighted by Crippen LogP contribution is -2.30. The zero-order chi connectivity index (χ0) is 35.9. The van der Waals surface area contributed by atoms with Crippen molar-refractivity contribution in [2.45, 2.75) is 25.9 Å². The summed E-state index contributed by atoms with van der Waals surface area (Å²) in [5, 5.41) is 5.14. The number of aromatic nitrogens is 5. The number of nitrogens with zero attached hydrogens (tertiary/aromatic N) is 6. The molecule has 6 rings (SSSR count). The molecule has 2 N–H and O–H groups in total. The number of anilines is 1. The van der Waals surface area contributed by atoms with E-state index in [4.69, 9.17) is 26.8 Å². The van der Waals surface area contributed by atoms with E-state index >= 15 is 0 Å². The molecule has 0 bridgehead atoms. The van der Waals surface area contributed by atoms with Gasteiger partial charge in [-0.2, -0.15) is 10.1 Å². The molecule has 16 heteroatoms. The van der Waals surface area contributed by atoms with E-state index < -0.39 is 33.3 Å². The molecule has 0 fully saturated rings. The SMILES string of the molecule is CCOc1ccc2c(=O)n(-c3ccc(Cl)c4c(N(Cc5ccc(OC)cc5)S(C)(=O)=O)nn(C)c34)c([C@@H](N)Cc3cc(F)cc(F)c3)nc2n1. The molecule has 6 aromatic rings. The number of pyridine rings is 1. The number of hydrogen-bond acceptors (Lipinski definition) is 9. The van der Waals surface area contributed by atoms with Crippen molar-refractivity contribution in [1.82, 2.24) is 24.3 Å². The van der Waals surface area contributed by atoms with Crippen molar-refractivity contribution in [2.24, 2.45) is 12.8 Å². The largest absolute Gasteiger partial charge is 0.497 e. The van der Waals surface area contributed by atoms with Crippen LogP contribution in [0.2, 0.25) is 5.02 Å². The quantitative estimate of drug-likeness (QED) is 0.190. The standard InChI is InChI=1S/C34H32ClF2N7O5S/c1-5-49-28-13-10-24-31(39-28)40-32(26(38)16-20-14-21(36)17-22(37)15-20)44(34(24)45)27-12-11-25(35)29-30(27)42(2)41-33(29)43(50(4,46)47)18-19-6-8-23(48-3)9-7-19/h6-15,17,26H,5,16,18,38H2,1-4H3/t26-/m0/s1. The summed E-state index contributed by atoms with van der Waals surface area (Å²) in [5.74, 6) is -0.696. The van der Waals surface area contributed by atoms with Gasteiger partial charge in [0, 0.05) is 19.2 Å². The van der Waals surface area contributed by atoms with Crippen molar-refractivity contribution in [3.8, 4) is 17.3 Å². The molecule has 0 aliphatic rings. The summed E-state index contributed by atoms with van der Waals surface area (Å²) in [6.45, 7) is 2.02. The van der Waals surface area contributed by atoms with E-state index in [0.717, 1.165) is 28.8 Å². The van der Waals surface area contributed by atoms with E-state index in [0.29, 0.717) is 23.4 Å². The van der Waals surface area contributed by atoms with Crippen LogP contribution in [0.3, 0.4) is 0 Å². The van der Waals surface area contributed by atoms with Gasteiger partial charge < -0.3 is 15.2 Å². The highest BCUT2D eigenvalue weighted by Crippen LogP contribution is 2.38. The van der Waals surface area contributed by atoms with Gasteiger partial charge in [-0.3, -0.25) is 14.0 Å². The van der Waals surface area contributed by atoms with E-state index in [1.54, 1.807) is 44.3 Å². The van der Waals surface area contributed by atoms with Crippen LogP contribution in [0, 0.1) is 11.6 Å². The minimum atomic E-state index is -3.93. The van der Waals surface area contributed by atoms with Crippen LogP contribution < -0.4 is 25.1 Å². The summed E-state index contributed by atoms with van der Waals surface area (Å²) >= 11 is 6.78. The maximum Gasteiger partial charge on any atom is 0.267 e. The van der Waals surface area contributed by atoms with E-state index in [2.05, 4.69) is 15.1 Å². The Labute approximate surface area is 290 Å². The van der Waals surface area contributed by atoms with Gasteiger partial charge in [-0.15, -0.1) is 0 Å². The van der Waals surface area contributed by atoms with Crippen LogP contribution >= 0.6 is 11.6 Å². The number of fused-ring (bicyclic) bond motifs is 2. The van der Waals surface area contributed by atoms with Gasteiger partial charge in [0.15, 0.2) is 11.5 Å². The number of hydrogen-bond donors (Lipinski definition) is 1. The number of rotatable bonds is 11. The molecule has 3 aromatic heterocycles. The van der Waals surface area contributed by atoms with Gasteiger partial charge in [0.1, 0.15) is 23.2 Å². The van der Waals surface area contributed by atoms with Crippen molar-refractivity contribution >= 4 is 49.4 Å². The molecular weight excluding hydrogens is 692 g/mol. The first-order valence-electron chi connectivity index (χ1n) is 15.3. The highest BCUT2D eigenvalue weighted by Gasteiger charge is 2.29. The molecule has 0 aliphatic carbocycles. The van der Waals surface area contributed by atoms with Crippen LogP contribution in [0.5, 0.6) is 11.6 Å². The molecule has 50 heavy (non-hydrogen) atoms. The van der Waals surface area contributed by atoms with Crippen LogP contribution in [0.4, 0.5) is 14.6 Å². The van der Waals surface area contributed by atoms with Gasteiger partial charge >= 0.3 is 0 Å². The molecule has 0 unspecified atom stereocenters. The Hall–Kier alpha value is -5.12. The smallest absolute Gasteiger partial charge is 0.267 e. The number of nitrogens with two attached hydrogens (primary N) is 1. The number of aryl methyl sites for hydroxylation is 1. The molecule has 260 valence electrons. The molecule has 0 saturated heterocycles. The number of ether oxygens (including phenoxy) is 2. The molecule has 3 heterocycles. The maximum absolute atomic E-state index is 14.4. The van der Waals surface area contributed by atoms with Crippen LogP contribution in [-0.2, 0) is 30.0 Å². The Morgan fingerprint density at radius 1 is 1.00 bits per heavy atom. The van der Waals surface area contributed by atoms with Gasteiger partial charge in [0.05, 0.1) is 59.6 Å². The zero-order valence-corrected chi connectivity index (χ0v) is 29.0. The van der Waals surface area contributed by atoms with Gasteiger partial charge in [0.2, 0.25) is 15.9 Å². The lowest BCUT2D eigenvalue weighted by Gasteiger charge is -2.21. The Morgan fingerprint density at radius 3 is 2.34 bits per heavy atom. The number of methoxy groups -OCH3 is 1. The van der Waals surface area contributed by atoms with E-state index in [1.807, 2.05) is 0 Å². The highest BCUT2D eigenvalue weighted by molar-refractivity contribution is 7.92. The van der Waals surface area contributed by atoms with Gasteiger partial charge in [-0.1, -0.05) is 23.7 Å². The Morgan fingerprint density at radius 2 is 1.70 bits per heavy atom. The molecule has 0 radical (unpaired) electrons. The first-order chi connectivity index (χ1) is 23.8. The average molecular weight is 724 g/mol. The summed E-state index contributed by atoms with van der Waals surface area (Å²) in [4.78, 5) is 23.5. The number of halogens is 3. The van der Waals surface area contributed by atoms with Crippen LogP contribution in [0.25, 0.3) is 27.6 Å². The Balaban J connectivity index is 1.59. The highest BCUT2D eigenvalue weighted by atomic mass is 35.5. The minimum absolute atomic E-state index is 0.0119. The molecule has 0 spiro atoms. The summed E-state index contributed by atoms with van der Waals surface area (Å²) in [5.41, 5.74) is 7.57. The first kappa shape index (κ1) is 34.7. The molecule has 12 nitrogen and oxygen atoms in total. The topological polar surface area (TPSA) is 147 Å². The van der Waals surface area contributed by atoms with E-state index in [9.17, 15) is 22.0 Å². The molecule has 0 aliphatic heterocycles. The summed E-state index contributed by atoms with van der Waals surface area (Å²) in [6, 6.07) is 15.0. The van der Waals surface area contributed by atoms with Crippen molar-refractivity contribution < 1.29 is 26.7 Å². The lowest BCUT2D eigenvalue weighted by molar-refractivity contribution is 0.328. The predicted molar refractivity (Wildman–Crippen MR) is 187 cm³/mol. The average Bonchev–Trinajstić information content (AvgIpc) is 3.40. The second-order valence-corrected chi connectivity index (χ2v) is 13.8. The third kappa shape index (κ3) is 6.71. The normalized spacial score (nSPS) is 12.4. The minimum Gasteiger partial charge on any atom is -0.497 e. The van der Waals surface area contributed by atoms with Crippen LogP contribution in [0.15, 0.2) is 71.5 Å². The number of sulfonamides is 1. The summed E-state index contributed by atoms with van der Waals surface area (Å²) in [6.07, 6.45) is 0.956. The third-order valence-electron chi connectivity index (χ3n) is 7.99. The molecular formula is C34H32ClF2N7O5S. The third-order valence-corrected chi connectivity index (χ3v) is 9.41. The lowest BCUT2D eigenvalue weighted by atomic mass is 10.0. The number of benzene rings is 3. The molecule has 0 amide bonds. The van der Waals surface area contributed by atoms with Crippen molar-refractivity contribution in [3.05, 3.63) is 111 Å². The zero-order valence-electron chi connectivity index (χ0n) is 27.4. The van der Waals surface area contributed by atoms with Crippen molar-refractivity contribution in [2.75, 3.05) is 24.3 Å². The van der Waals surface area contributed by atoms with Crippen LogP contribution in [-0.4, -0.2) is 52.7 Å². The fraction of sp³-hybridized carbons (Fsp3) is 0.235. The first-order valence-corrected chi connectivity index (χ1v) is 17.5. The van der Waals surface area contributed by atoms with E-state index in [-0.39, 0.29) is 63.2 Å². The molecule has 1 atom stereocenters. The van der Waals surface area contributed by atoms with E-state index in [1.165, 1.54) is 34.6 Å². The fourth-order valence-corrected chi connectivity index (χ4v) is 6.85. The Kier molecular flexibility index (Phi) is 9.48. The van der Waals surface area contributed by atoms with Crippen molar-refractivity contribution in [1.29, 1.82) is 0 Å². The summed E-state index contributed by atoms with van der Waals surface area (Å²) < 4.78 is 69.4. The predicted octanol–water partition coefficient (Wildman–Crippen LogP) is 5.22. The van der Waals surface area contributed by atoms with Gasteiger partial charge in [-0.05, 0) is 66.9 Å². The maximum atomic E-state index is 14.4.